The van der Waals surface area contributed by atoms with Gasteiger partial charge >= 0.3 is 0 Å². The lowest BCUT2D eigenvalue weighted by Crippen LogP contribution is -2.38. The van der Waals surface area contributed by atoms with E-state index in [1.165, 1.54) is 12.1 Å². The van der Waals surface area contributed by atoms with Crippen LogP contribution in [0.15, 0.2) is 220 Å². The maximum Gasteiger partial charge on any atom is 0.128 e. The number of halogens is 1. The molecule has 0 radical (unpaired) electrons. The van der Waals surface area contributed by atoms with Crippen molar-refractivity contribution in [1.82, 2.24) is 88.8 Å². The van der Waals surface area contributed by atoms with E-state index >= 15 is 0 Å². The number of aliphatic hydroxyl groups is 2. The van der Waals surface area contributed by atoms with E-state index in [4.69, 9.17) is 58.8 Å². The molecule has 2 fully saturated rings. The first-order valence-corrected chi connectivity index (χ1v) is 44.6. The number of fused-ring (bicyclic) bond motifs is 4. The number of hydrogen-bond donors (Lipinski definition) is 3. The highest BCUT2D eigenvalue weighted by Gasteiger charge is 2.28. The average molecular weight is 1920 g/mol. The highest BCUT2D eigenvalue weighted by molar-refractivity contribution is 7.59. The predicted molar refractivity (Wildman–Crippen MR) is 560 cm³/mol. The molecule has 2 aliphatic rings. The molecule has 0 aliphatic carbocycles. The molecular weight excluding hydrogens is 1790 g/mol. The number of aromatic nitrogens is 16. The van der Waals surface area contributed by atoms with Crippen molar-refractivity contribution in [2.45, 2.75) is 93.8 Å². The maximum absolute atomic E-state index is 14.2. The van der Waals surface area contributed by atoms with E-state index in [-0.39, 0.29) is 80.4 Å². The van der Waals surface area contributed by atoms with Crippen molar-refractivity contribution in [2.75, 3.05) is 141 Å². The van der Waals surface area contributed by atoms with Gasteiger partial charge in [-0.15, -0.1) is 0 Å². The van der Waals surface area contributed by atoms with Crippen molar-refractivity contribution in [2.24, 2.45) is 26.9 Å². The fourth-order valence-corrected chi connectivity index (χ4v) is 16.6. The molecule has 32 nitrogen and oxygen atoms in total. The number of hydrogen-bond acceptors (Lipinski definition) is 28. The number of methoxy groups -OCH3 is 6. The van der Waals surface area contributed by atoms with Crippen molar-refractivity contribution in [3.63, 3.8) is 0 Å². The zero-order valence-electron chi connectivity index (χ0n) is 78.2. The summed E-state index contributed by atoms with van der Waals surface area (Å²) in [6, 6.07) is 47.0. The lowest BCUT2D eigenvalue weighted by molar-refractivity contribution is 0.162. The van der Waals surface area contributed by atoms with Gasteiger partial charge in [-0.05, 0) is 138 Å². The first-order valence-electron chi connectivity index (χ1n) is 44.6. The molecule has 10 heterocycles. The second-order valence-electron chi connectivity index (χ2n) is 32.2. The summed E-state index contributed by atoms with van der Waals surface area (Å²) >= 11 is 0. The smallest absolute Gasteiger partial charge is 0.128 e. The molecule has 8 aromatic carbocycles. The Kier molecular flexibility index (Phi) is 38.7. The Morgan fingerprint density at radius 3 is 0.971 bits per heavy atom. The summed E-state index contributed by atoms with van der Waals surface area (Å²) in [5, 5.41) is 36.7. The lowest BCUT2D eigenvalue weighted by atomic mass is 10.2. The van der Waals surface area contributed by atoms with Gasteiger partial charge in [-0.3, -0.25) is 48.5 Å². The van der Waals surface area contributed by atoms with Crippen LogP contribution in [0.5, 0.6) is 40.2 Å². The van der Waals surface area contributed by atoms with E-state index in [0.29, 0.717) is 36.9 Å². The van der Waals surface area contributed by atoms with E-state index in [1.54, 1.807) is 100 Å². The molecule has 0 bridgehead atoms. The third-order valence-electron chi connectivity index (χ3n) is 23.5. The van der Waals surface area contributed by atoms with Gasteiger partial charge in [-0.25, -0.2) is 24.3 Å². The minimum Gasteiger partial charge on any atom is -0.497 e. The zero-order chi connectivity index (χ0) is 93.0. The van der Waals surface area contributed by atoms with Crippen molar-refractivity contribution in [3.8, 4) is 85.3 Å². The van der Waals surface area contributed by atoms with Gasteiger partial charge in [0, 0.05) is 245 Å². The summed E-state index contributed by atoms with van der Waals surface area (Å²) in [6.45, 7) is 14.6. The quantitative estimate of drug-likeness (QED) is 0.0344. The number of nitrogens with two attached hydrogens (primary N) is 1. The lowest BCUT2D eigenvalue weighted by Gasteiger charge is -2.30. The number of aliphatic hydroxyl groups excluding tert-OH is 2. The monoisotopic (exact) mass is 1920 g/mol. The molecule has 730 valence electrons. The van der Waals surface area contributed by atoms with Crippen molar-refractivity contribution < 1.29 is 47.8 Å². The number of ether oxygens (including phenoxy) is 7. The van der Waals surface area contributed by atoms with Crippen LogP contribution < -0.4 is 58.5 Å². The standard InChI is InChI=1S/2C27H32N6O3.C23H24FN5O.C23H26N6O2.3CH4.2H2S/c2*1-31-17-19(15-29-31)27-16-28-25-7-6-20(13-26(25)30-27)33(10-9-32-8-4-5-21(32)18-34)22-11-23(35-2)14-24(12-22)36-3;1-4-8-29(19-9-17(24)10-20(11-19)30-5-2)18-6-7-21-22(12-18)27-23(14-25-21)16-13-26-28(3)15-16;1-4-28-15-16(13-26-28)23-14-25-21-6-5-17(11-22(21)27-23)29(8-7-24)18-9-19(30-2)12-20(10-18)31-3;;;;;/h2*6-7,11-17,21,34H,4-5,8-10,18H2,1-3H3;6-7,9-15H,4-5,8H2,1-3H3;5-6,9-15H,4,7-8,24H2,1-3H3;3*1H4;2*1H2/t2*21-;;;;;;;/m11......./s1. The number of likely N-dealkylation sites (tertiary alicyclic amines) is 2. The van der Waals surface area contributed by atoms with Crippen LogP contribution in [0.25, 0.3) is 89.2 Å². The third-order valence-corrected chi connectivity index (χ3v) is 23.5. The van der Waals surface area contributed by atoms with Crippen molar-refractivity contribution in [3.05, 3.63) is 226 Å². The Labute approximate surface area is 821 Å². The fourth-order valence-electron chi connectivity index (χ4n) is 16.6. The SMILES string of the molecule is C.C.C.CCCN(c1cc(F)cc(OCC)c1)c1ccc2ncc(-c3cnn(C)c3)nc2c1.CCn1cc(-c2cnc3ccc(N(CCN)c4cc(OC)cc(OC)c4)cc3n2)cn1.COc1cc(OC)cc(N(CCN2CCC[C@@H]2CO)c2ccc3ncc(-c4cnn(C)c4)nc3c2)c1.COc1cc(OC)cc(N(CCN2CCC[C@@H]2CO)c2ccc3ncc(-c4cnn(C)c4)nc3c2)c1.S.S. The minimum absolute atomic E-state index is 0. The topological polar surface area (TPSA) is 325 Å². The zero-order valence-corrected chi connectivity index (χ0v) is 80.2. The summed E-state index contributed by atoms with van der Waals surface area (Å²) in [6.07, 6.45) is 27.2. The average Bonchev–Trinajstić information content (AvgIpc) is 0.985. The van der Waals surface area contributed by atoms with Crippen LogP contribution in [0.2, 0.25) is 0 Å². The van der Waals surface area contributed by atoms with Gasteiger partial charge in [-0.2, -0.15) is 47.4 Å². The molecule has 2 aliphatic heterocycles. The number of anilines is 8. The van der Waals surface area contributed by atoms with Crippen LogP contribution in [-0.2, 0) is 27.7 Å². The molecule has 16 aromatic rings. The molecule has 138 heavy (non-hydrogen) atoms. The van der Waals surface area contributed by atoms with Crippen LogP contribution in [-0.4, -0.2) is 232 Å². The Morgan fingerprint density at radius 2 is 0.681 bits per heavy atom. The first kappa shape index (κ1) is 106. The van der Waals surface area contributed by atoms with Gasteiger partial charge in [-0.1, -0.05) is 29.2 Å². The molecule has 2 saturated heterocycles. The molecule has 0 saturated carbocycles. The summed E-state index contributed by atoms with van der Waals surface area (Å²) < 4.78 is 60.0. The number of rotatable bonds is 33. The van der Waals surface area contributed by atoms with E-state index < -0.39 is 0 Å². The highest BCUT2D eigenvalue weighted by atomic mass is 32.1. The van der Waals surface area contributed by atoms with Crippen LogP contribution in [0, 0.1) is 5.82 Å². The van der Waals surface area contributed by atoms with Crippen molar-refractivity contribution >= 4 is 117 Å². The predicted octanol–water partition coefficient (Wildman–Crippen LogP) is 18.2. The summed E-state index contributed by atoms with van der Waals surface area (Å²) in [5.41, 5.74) is 26.7. The molecule has 0 unspecified atom stereocenters. The van der Waals surface area contributed by atoms with E-state index in [9.17, 15) is 14.6 Å². The van der Waals surface area contributed by atoms with Crippen LogP contribution >= 0.6 is 27.0 Å². The van der Waals surface area contributed by atoms with Gasteiger partial charge < -0.3 is 68.7 Å². The van der Waals surface area contributed by atoms with E-state index in [1.807, 2.05) is 173 Å². The Balaban J connectivity index is 0.000000188. The Hall–Kier alpha value is -13.8. The van der Waals surface area contributed by atoms with E-state index in [0.717, 1.165) is 242 Å². The van der Waals surface area contributed by atoms with E-state index in [2.05, 4.69) is 108 Å². The summed E-state index contributed by atoms with van der Waals surface area (Å²) in [5.74, 6) is 4.53. The van der Waals surface area contributed by atoms with Crippen molar-refractivity contribution in [1.29, 1.82) is 0 Å². The molecular formula is C103H130FN23O9S2. The van der Waals surface area contributed by atoms with Gasteiger partial charge in [0.05, 0.1) is 179 Å². The summed E-state index contributed by atoms with van der Waals surface area (Å²) in [4.78, 5) is 51.2. The molecule has 2 atom stereocenters. The van der Waals surface area contributed by atoms with Crippen LogP contribution in [0.3, 0.4) is 0 Å². The molecule has 0 spiro atoms. The van der Waals surface area contributed by atoms with Crippen LogP contribution in [0.1, 0.15) is 75.2 Å². The summed E-state index contributed by atoms with van der Waals surface area (Å²) in [7, 11) is 15.5. The number of aryl methyl sites for hydroxylation is 4. The highest BCUT2D eigenvalue weighted by Crippen LogP contribution is 2.40. The number of benzene rings is 8. The van der Waals surface area contributed by atoms with Gasteiger partial charge in [0.2, 0.25) is 0 Å². The molecule has 18 rings (SSSR count). The fraction of sp³-hybridized carbons (Fsp3) is 0.340. The molecule has 8 aromatic heterocycles. The normalized spacial score (nSPS) is 13.2. The van der Waals surface area contributed by atoms with Crippen LogP contribution in [0.4, 0.5) is 49.9 Å². The molecule has 0 amide bonds. The van der Waals surface area contributed by atoms with Gasteiger partial charge in [0.15, 0.2) is 0 Å². The first-order chi connectivity index (χ1) is 64.9. The Bertz CT molecular complexity index is 6350. The van der Waals surface area contributed by atoms with Gasteiger partial charge in [0.25, 0.3) is 0 Å². The maximum atomic E-state index is 14.2. The molecule has 4 N–H and O–H groups in total. The second-order valence-corrected chi connectivity index (χ2v) is 32.2. The second kappa shape index (κ2) is 50.3. The largest absolute Gasteiger partial charge is 0.497 e. The van der Waals surface area contributed by atoms with Gasteiger partial charge in [0.1, 0.15) is 46.1 Å². The number of nitrogens with zero attached hydrogens (tertiary/aromatic N) is 22. The minimum atomic E-state index is -0.323. The molecule has 35 heteroatoms. The third kappa shape index (κ3) is 25.9. The Morgan fingerprint density at radius 1 is 0.370 bits per heavy atom.